The van der Waals surface area contributed by atoms with Crippen molar-refractivity contribution in [1.82, 2.24) is 10.2 Å². The number of nitrogens with zero attached hydrogens (tertiary/aromatic N) is 1. The Morgan fingerprint density at radius 3 is 2.23 bits per heavy atom. The molecule has 2 aliphatic heterocycles. The molecule has 3 fully saturated rings. The average molecular weight is 312 g/mol. The molecule has 1 saturated carbocycles. The van der Waals surface area contributed by atoms with Crippen LogP contribution in [0.1, 0.15) is 48.0 Å². The maximum atomic E-state index is 12.2. The molecule has 22 heavy (non-hydrogen) atoms. The quantitative estimate of drug-likeness (QED) is 0.851. The Kier molecular flexibility index (Phi) is 4.33. The van der Waals surface area contributed by atoms with E-state index < -0.39 is 17.3 Å². The molecule has 6 heteroatoms. The highest BCUT2D eigenvalue weighted by molar-refractivity contribution is 5.70. The zero-order valence-electron chi connectivity index (χ0n) is 14.4. The lowest BCUT2D eigenvalue weighted by molar-refractivity contribution is 0.0198. The number of alkyl carbamates (subject to hydrolysis) is 1. The first kappa shape index (κ1) is 16.9. The van der Waals surface area contributed by atoms with Gasteiger partial charge in [0, 0.05) is 25.0 Å². The summed E-state index contributed by atoms with van der Waals surface area (Å²) in [4.78, 5) is 25.7. The van der Waals surface area contributed by atoms with Crippen molar-refractivity contribution in [3.05, 3.63) is 0 Å². The maximum Gasteiger partial charge on any atom is 0.410 e. The second-order valence-electron chi connectivity index (χ2n) is 8.24. The summed E-state index contributed by atoms with van der Waals surface area (Å²) in [6.45, 7) is 12.4. The lowest BCUT2D eigenvalue weighted by atomic mass is 9.74. The van der Waals surface area contributed by atoms with Gasteiger partial charge in [-0.05, 0) is 53.9 Å². The van der Waals surface area contributed by atoms with E-state index in [1.165, 1.54) is 0 Å². The van der Waals surface area contributed by atoms with E-state index in [2.05, 4.69) is 5.32 Å². The molecule has 1 aliphatic carbocycles. The van der Waals surface area contributed by atoms with Crippen LogP contribution in [0.25, 0.3) is 0 Å². The number of nitrogens with one attached hydrogen (secondary N) is 1. The fourth-order valence-corrected chi connectivity index (χ4v) is 3.08. The van der Waals surface area contributed by atoms with E-state index >= 15 is 0 Å². The summed E-state index contributed by atoms with van der Waals surface area (Å²) in [5, 5.41) is 2.81. The number of fused-ring (bicyclic) bond motifs is 1. The Morgan fingerprint density at radius 1 is 1.09 bits per heavy atom. The third-order valence-corrected chi connectivity index (χ3v) is 3.98. The van der Waals surface area contributed by atoms with Crippen molar-refractivity contribution in [3.8, 4) is 0 Å². The van der Waals surface area contributed by atoms with Gasteiger partial charge in [0.05, 0.1) is 0 Å². The molecule has 6 nitrogen and oxygen atoms in total. The third-order valence-electron chi connectivity index (χ3n) is 3.98. The van der Waals surface area contributed by atoms with Crippen LogP contribution in [0.4, 0.5) is 9.59 Å². The normalized spacial score (nSPS) is 27.2. The maximum absolute atomic E-state index is 12.2. The van der Waals surface area contributed by atoms with Crippen LogP contribution in [0, 0.1) is 11.8 Å². The summed E-state index contributed by atoms with van der Waals surface area (Å²) in [6, 6.07) is 0.176. The van der Waals surface area contributed by atoms with E-state index in [-0.39, 0.29) is 12.1 Å². The highest BCUT2D eigenvalue weighted by atomic mass is 16.6. The first-order valence-corrected chi connectivity index (χ1v) is 7.93. The number of hydrogen-bond acceptors (Lipinski definition) is 4. The summed E-state index contributed by atoms with van der Waals surface area (Å²) in [6.07, 6.45) is 0.349. The van der Waals surface area contributed by atoms with Crippen molar-refractivity contribution in [2.24, 2.45) is 11.8 Å². The number of hydrogen-bond donors (Lipinski definition) is 1. The van der Waals surface area contributed by atoms with Gasteiger partial charge in [0.2, 0.25) is 0 Å². The molecule has 2 saturated heterocycles. The summed E-state index contributed by atoms with van der Waals surface area (Å²) in [7, 11) is 0. The molecule has 1 N–H and O–H groups in total. The van der Waals surface area contributed by atoms with Crippen LogP contribution in [-0.2, 0) is 9.47 Å². The largest absolute Gasteiger partial charge is 0.444 e. The van der Waals surface area contributed by atoms with Crippen molar-refractivity contribution < 1.29 is 19.1 Å². The fourth-order valence-electron chi connectivity index (χ4n) is 3.08. The second kappa shape index (κ2) is 5.63. The molecular weight excluding hydrogens is 284 g/mol. The molecule has 0 spiro atoms. The first-order valence-electron chi connectivity index (χ1n) is 7.93. The van der Waals surface area contributed by atoms with E-state index in [0.717, 1.165) is 13.0 Å². The topological polar surface area (TPSA) is 67.9 Å². The summed E-state index contributed by atoms with van der Waals surface area (Å²) < 4.78 is 10.7. The number of carbonyl (C=O) groups excluding carboxylic acids is 2. The second-order valence-corrected chi connectivity index (χ2v) is 8.24. The van der Waals surface area contributed by atoms with E-state index in [0.29, 0.717) is 18.4 Å². The van der Waals surface area contributed by atoms with Crippen LogP contribution in [0.15, 0.2) is 0 Å². The van der Waals surface area contributed by atoms with Crippen LogP contribution >= 0.6 is 0 Å². The van der Waals surface area contributed by atoms with Gasteiger partial charge in [-0.25, -0.2) is 9.59 Å². The average Bonchev–Trinajstić information content (AvgIpc) is 2.81. The monoisotopic (exact) mass is 312 g/mol. The number of rotatable bonds is 2. The van der Waals surface area contributed by atoms with Gasteiger partial charge in [-0.2, -0.15) is 0 Å². The van der Waals surface area contributed by atoms with E-state index in [1.54, 1.807) is 4.90 Å². The molecule has 3 aliphatic rings. The summed E-state index contributed by atoms with van der Waals surface area (Å²) in [5.74, 6) is 0.757. The Morgan fingerprint density at radius 2 is 1.68 bits per heavy atom. The molecule has 0 radical (unpaired) electrons. The zero-order chi connectivity index (χ0) is 16.7. The highest BCUT2D eigenvalue weighted by Gasteiger charge is 2.54. The zero-order valence-corrected chi connectivity index (χ0v) is 14.4. The van der Waals surface area contributed by atoms with Gasteiger partial charge in [0.15, 0.2) is 0 Å². The summed E-state index contributed by atoms with van der Waals surface area (Å²) in [5.41, 5.74) is -0.973. The Bertz CT molecular complexity index is 450. The molecular formula is C16H28N2O4. The van der Waals surface area contributed by atoms with Gasteiger partial charge in [-0.1, -0.05) is 0 Å². The van der Waals surface area contributed by atoms with Crippen LogP contribution in [-0.4, -0.2) is 47.4 Å². The standard InChI is InChI=1S/C16H28N2O4/c1-15(2,3)21-13(19)17-8-11-10-7-12(11)18(9-10)14(20)22-16(4,5)6/h10-12H,7-9H2,1-6H3,(H,17,19). The molecule has 126 valence electrons. The lowest BCUT2D eigenvalue weighted by Crippen LogP contribution is -2.48. The molecule has 2 bridgehead atoms. The Hall–Kier alpha value is -1.46. The number of amides is 2. The van der Waals surface area contributed by atoms with Gasteiger partial charge in [-0.15, -0.1) is 0 Å². The smallest absolute Gasteiger partial charge is 0.410 e. The minimum Gasteiger partial charge on any atom is -0.444 e. The van der Waals surface area contributed by atoms with Crippen molar-refractivity contribution in [2.45, 2.75) is 65.2 Å². The van der Waals surface area contributed by atoms with Gasteiger partial charge >= 0.3 is 12.2 Å². The molecule has 3 unspecified atom stereocenters. The van der Waals surface area contributed by atoms with Gasteiger partial charge in [0.25, 0.3) is 0 Å². The Balaban J connectivity index is 1.80. The molecule has 3 rings (SSSR count). The predicted octanol–water partition coefficient (Wildman–Crippen LogP) is 2.77. The molecule has 0 aromatic carbocycles. The van der Waals surface area contributed by atoms with Crippen LogP contribution in [0.2, 0.25) is 0 Å². The highest BCUT2D eigenvalue weighted by Crippen LogP contribution is 2.46. The van der Waals surface area contributed by atoms with Gasteiger partial charge in [0.1, 0.15) is 11.2 Å². The number of ether oxygens (including phenoxy) is 2. The molecule has 2 amide bonds. The van der Waals surface area contributed by atoms with Crippen molar-refractivity contribution in [2.75, 3.05) is 13.1 Å². The van der Waals surface area contributed by atoms with Crippen molar-refractivity contribution >= 4 is 12.2 Å². The van der Waals surface area contributed by atoms with Gasteiger partial charge in [-0.3, -0.25) is 0 Å². The lowest BCUT2D eigenvalue weighted by Gasteiger charge is -2.36. The molecule has 3 atom stereocenters. The predicted molar refractivity (Wildman–Crippen MR) is 82.6 cm³/mol. The molecule has 2 heterocycles. The van der Waals surface area contributed by atoms with E-state index in [1.807, 2.05) is 41.5 Å². The minimum atomic E-state index is -0.495. The van der Waals surface area contributed by atoms with Gasteiger partial charge < -0.3 is 19.7 Å². The third kappa shape index (κ3) is 4.05. The Labute approximate surface area is 132 Å². The first-order chi connectivity index (χ1) is 9.96. The van der Waals surface area contributed by atoms with Crippen LogP contribution in [0.3, 0.4) is 0 Å². The van der Waals surface area contributed by atoms with Crippen LogP contribution in [0.5, 0.6) is 0 Å². The summed E-state index contributed by atoms with van der Waals surface area (Å²) >= 11 is 0. The fraction of sp³-hybridized carbons (Fsp3) is 0.875. The minimum absolute atomic E-state index is 0.176. The van der Waals surface area contributed by atoms with E-state index in [4.69, 9.17) is 9.47 Å². The number of carbonyl (C=O) groups is 2. The van der Waals surface area contributed by atoms with E-state index in [9.17, 15) is 9.59 Å². The van der Waals surface area contributed by atoms with Crippen molar-refractivity contribution in [3.63, 3.8) is 0 Å². The molecule has 0 aromatic heterocycles. The SMILES string of the molecule is CC(C)(C)OC(=O)NCC1C2CC1N(C(=O)OC(C)(C)C)C2. The van der Waals surface area contributed by atoms with Crippen LogP contribution < -0.4 is 5.32 Å². The van der Waals surface area contributed by atoms with Crippen molar-refractivity contribution in [1.29, 1.82) is 0 Å². The molecule has 0 aromatic rings.